The maximum absolute atomic E-state index is 9.29. The largest absolute Gasteiger partial charge is 1.00 e. The third-order valence-electron chi connectivity index (χ3n) is 6.24. The maximum Gasteiger partial charge on any atom is 0.492 e. The summed E-state index contributed by atoms with van der Waals surface area (Å²) >= 11 is 0. The summed E-state index contributed by atoms with van der Waals surface area (Å²) in [5, 5.41) is 0. The van der Waals surface area contributed by atoms with E-state index in [1.54, 1.807) is 0 Å². The van der Waals surface area contributed by atoms with Gasteiger partial charge in [-0.1, -0.05) is 117 Å². The van der Waals surface area contributed by atoms with Crippen molar-refractivity contribution in [3.8, 4) is 0 Å². The molecule has 0 radical (unpaired) electrons. The van der Waals surface area contributed by atoms with E-state index in [0.717, 1.165) is 19.3 Å². The quantitative estimate of drug-likeness (QED) is 0.145. The van der Waals surface area contributed by atoms with Crippen LogP contribution in [0.2, 0.25) is 6.04 Å². The fourth-order valence-corrected chi connectivity index (χ4v) is 4.93. The van der Waals surface area contributed by atoms with Gasteiger partial charge in [-0.05, 0) is 25.7 Å². The lowest BCUT2D eigenvalue weighted by atomic mass is 9.83. The van der Waals surface area contributed by atoms with E-state index in [4.69, 9.17) is 5.73 Å². The van der Waals surface area contributed by atoms with Gasteiger partial charge < -0.3 is 32.5 Å². The predicted octanol–water partition coefficient (Wildman–Crippen LogP) is 3.45. The van der Waals surface area contributed by atoms with Gasteiger partial charge in [0.05, 0.1) is 0 Å². The number of halogens is 1. The minimum absolute atomic E-state index is 0. The Labute approximate surface area is 195 Å². The number of nitrogens with two attached hydrogens (primary N) is 1. The van der Waals surface area contributed by atoms with Crippen molar-refractivity contribution in [1.82, 2.24) is 0 Å². The van der Waals surface area contributed by atoms with E-state index in [0.29, 0.717) is 6.42 Å². The van der Waals surface area contributed by atoms with Crippen molar-refractivity contribution < 1.29 is 26.8 Å². The lowest BCUT2D eigenvalue weighted by molar-refractivity contribution is -0.0000151. The SMILES string of the molecule is CCCCCCCCCCC(N)(CCCCCCCCCC)CCC[Si](O)(O)O.[Cl-]. The van der Waals surface area contributed by atoms with Crippen LogP contribution in [0.5, 0.6) is 0 Å². The Morgan fingerprint density at radius 1 is 0.533 bits per heavy atom. The molecule has 0 aliphatic rings. The molecular formula is C24H53ClNO3Si-. The van der Waals surface area contributed by atoms with Crippen LogP contribution in [0.15, 0.2) is 0 Å². The molecule has 0 spiro atoms. The number of hydrogen-bond donors (Lipinski definition) is 4. The van der Waals surface area contributed by atoms with Crippen molar-refractivity contribution in [3.05, 3.63) is 0 Å². The summed E-state index contributed by atoms with van der Waals surface area (Å²) in [6.45, 7) is 4.51. The maximum atomic E-state index is 9.29. The van der Waals surface area contributed by atoms with Crippen LogP contribution in [0.4, 0.5) is 0 Å². The third kappa shape index (κ3) is 23.0. The zero-order valence-corrected chi connectivity index (χ0v) is 21.9. The molecule has 0 aliphatic carbocycles. The summed E-state index contributed by atoms with van der Waals surface area (Å²) in [5.74, 6) is 0. The van der Waals surface area contributed by atoms with Gasteiger partial charge in [0, 0.05) is 11.6 Å². The van der Waals surface area contributed by atoms with Gasteiger partial charge in [0.25, 0.3) is 0 Å². The first kappa shape index (κ1) is 32.5. The molecule has 5 N–H and O–H groups in total. The lowest BCUT2D eigenvalue weighted by Crippen LogP contribution is -3.00. The predicted molar refractivity (Wildman–Crippen MR) is 128 cm³/mol. The van der Waals surface area contributed by atoms with E-state index in [1.165, 1.54) is 103 Å². The molecule has 0 saturated heterocycles. The van der Waals surface area contributed by atoms with Gasteiger partial charge in [-0.2, -0.15) is 0 Å². The van der Waals surface area contributed by atoms with Crippen molar-refractivity contribution in [2.75, 3.05) is 0 Å². The molecule has 0 bridgehead atoms. The van der Waals surface area contributed by atoms with Gasteiger partial charge in [0.2, 0.25) is 0 Å². The van der Waals surface area contributed by atoms with E-state index in [1.807, 2.05) is 0 Å². The van der Waals surface area contributed by atoms with Crippen LogP contribution in [0.25, 0.3) is 0 Å². The third-order valence-corrected chi connectivity index (χ3v) is 7.27. The standard InChI is InChI=1S/C24H53NO3Si.ClH/c1-3-5-7-9-11-13-15-17-20-24(25,22-19-23-29(26,27)28)21-18-16-14-12-10-8-6-4-2;/h26-28H,3-23,25H2,1-2H3;1H/p-1. The second-order valence-electron chi connectivity index (χ2n) is 9.44. The molecule has 0 aromatic rings. The smallest absolute Gasteiger partial charge is 0.492 e. The van der Waals surface area contributed by atoms with Crippen molar-refractivity contribution in [2.24, 2.45) is 5.73 Å². The average Bonchev–Trinajstić information content (AvgIpc) is 2.65. The van der Waals surface area contributed by atoms with Crippen molar-refractivity contribution >= 4 is 8.80 Å². The van der Waals surface area contributed by atoms with Gasteiger partial charge in [0.1, 0.15) is 0 Å². The highest BCUT2D eigenvalue weighted by molar-refractivity contribution is 6.56. The fourth-order valence-electron chi connectivity index (χ4n) is 4.27. The van der Waals surface area contributed by atoms with Gasteiger partial charge in [-0.3, -0.25) is 0 Å². The first-order chi connectivity index (χ1) is 13.8. The van der Waals surface area contributed by atoms with Crippen LogP contribution in [-0.2, 0) is 0 Å². The van der Waals surface area contributed by atoms with E-state index < -0.39 is 8.80 Å². The average molecular weight is 467 g/mol. The van der Waals surface area contributed by atoms with E-state index in [2.05, 4.69) is 13.8 Å². The topological polar surface area (TPSA) is 86.7 Å². The summed E-state index contributed by atoms with van der Waals surface area (Å²) in [7, 11) is -3.93. The van der Waals surface area contributed by atoms with Gasteiger partial charge >= 0.3 is 8.80 Å². The van der Waals surface area contributed by atoms with Gasteiger partial charge in [0.15, 0.2) is 0 Å². The molecule has 0 heterocycles. The van der Waals surface area contributed by atoms with Crippen molar-refractivity contribution in [3.63, 3.8) is 0 Å². The Kier molecular flexibility index (Phi) is 23.0. The van der Waals surface area contributed by atoms with E-state index in [9.17, 15) is 14.4 Å². The molecule has 0 amide bonds. The van der Waals surface area contributed by atoms with Gasteiger partial charge in [-0.25, -0.2) is 0 Å². The minimum Gasteiger partial charge on any atom is -1.00 e. The molecule has 0 saturated carbocycles. The first-order valence-electron chi connectivity index (χ1n) is 12.8. The monoisotopic (exact) mass is 466 g/mol. The zero-order chi connectivity index (χ0) is 21.8. The summed E-state index contributed by atoms with van der Waals surface area (Å²) in [4.78, 5) is 27.9. The number of unbranched alkanes of at least 4 members (excludes halogenated alkanes) is 14. The Morgan fingerprint density at radius 2 is 0.833 bits per heavy atom. The molecule has 6 heteroatoms. The van der Waals surface area contributed by atoms with E-state index in [-0.39, 0.29) is 24.0 Å². The van der Waals surface area contributed by atoms with Crippen LogP contribution < -0.4 is 18.1 Å². The number of hydrogen-bond acceptors (Lipinski definition) is 4. The highest BCUT2D eigenvalue weighted by Crippen LogP contribution is 2.27. The highest BCUT2D eigenvalue weighted by atomic mass is 35.5. The second-order valence-corrected chi connectivity index (χ2v) is 11.5. The molecule has 30 heavy (non-hydrogen) atoms. The van der Waals surface area contributed by atoms with Crippen molar-refractivity contribution in [1.29, 1.82) is 0 Å². The summed E-state index contributed by atoms with van der Waals surface area (Å²) < 4.78 is 0. The van der Waals surface area contributed by atoms with Crippen LogP contribution in [0.3, 0.4) is 0 Å². The zero-order valence-electron chi connectivity index (χ0n) is 20.1. The van der Waals surface area contributed by atoms with Crippen molar-refractivity contribution in [2.45, 2.75) is 154 Å². The number of rotatable bonds is 22. The molecule has 0 unspecified atom stereocenters. The molecular weight excluding hydrogens is 414 g/mol. The molecule has 0 rings (SSSR count). The normalized spacial score (nSPS) is 12.2. The molecule has 184 valence electrons. The molecule has 0 aromatic carbocycles. The van der Waals surface area contributed by atoms with Crippen LogP contribution in [0.1, 0.15) is 142 Å². The Hall–Kier alpha value is 0.347. The minimum atomic E-state index is -3.93. The summed E-state index contributed by atoms with van der Waals surface area (Å²) in [5.41, 5.74) is 6.55. The highest BCUT2D eigenvalue weighted by Gasteiger charge is 2.29. The molecule has 0 fully saturated rings. The Morgan fingerprint density at radius 3 is 1.17 bits per heavy atom. The summed E-state index contributed by atoms with van der Waals surface area (Å²) in [6.07, 6.45) is 24.3. The Bertz CT molecular complexity index is 334. The van der Waals surface area contributed by atoms with E-state index >= 15 is 0 Å². The van der Waals surface area contributed by atoms with Gasteiger partial charge in [-0.15, -0.1) is 0 Å². The van der Waals surface area contributed by atoms with Crippen LogP contribution in [-0.4, -0.2) is 28.7 Å². The molecule has 0 aliphatic heterocycles. The lowest BCUT2D eigenvalue weighted by Gasteiger charge is -2.30. The van der Waals surface area contributed by atoms with Crippen LogP contribution >= 0.6 is 0 Å². The Balaban J connectivity index is 0. The molecule has 4 nitrogen and oxygen atoms in total. The van der Waals surface area contributed by atoms with Crippen LogP contribution in [0, 0.1) is 0 Å². The summed E-state index contributed by atoms with van der Waals surface area (Å²) in [6, 6.07) is 0.112. The molecule has 0 atom stereocenters. The fraction of sp³-hybridized carbons (Fsp3) is 1.00. The first-order valence-corrected chi connectivity index (χ1v) is 14.8. The second kappa shape index (κ2) is 21.2. The molecule has 0 aromatic heterocycles.